The van der Waals surface area contributed by atoms with Gasteiger partial charge in [0.25, 0.3) is 11.8 Å². The lowest BCUT2D eigenvalue weighted by molar-refractivity contribution is -0.291. The van der Waals surface area contributed by atoms with Gasteiger partial charge in [-0.2, -0.15) is 27.0 Å². The van der Waals surface area contributed by atoms with Crippen molar-refractivity contribution in [1.29, 1.82) is 0 Å². The number of aromatic nitrogens is 2. The van der Waals surface area contributed by atoms with Crippen molar-refractivity contribution in [3.8, 4) is 0 Å². The van der Waals surface area contributed by atoms with Crippen LogP contribution in [0.1, 0.15) is 29.9 Å². The number of carbonyl (C=O) groups excluding carboxylic acids is 3. The van der Waals surface area contributed by atoms with E-state index in [-0.39, 0.29) is 12.2 Å². The second-order valence-corrected chi connectivity index (χ2v) is 5.17. The van der Waals surface area contributed by atoms with E-state index in [4.69, 9.17) is 0 Å². The van der Waals surface area contributed by atoms with Crippen LogP contribution in [0.4, 0.5) is 27.9 Å². The number of carbonyl (C=O) groups is 3. The highest BCUT2D eigenvalue weighted by atomic mass is 19.4. The molecule has 0 spiro atoms. The highest BCUT2D eigenvalue weighted by Gasteiger charge is 2.61. The van der Waals surface area contributed by atoms with E-state index >= 15 is 0 Å². The fourth-order valence-electron chi connectivity index (χ4n) is 1.96. The van der Waals surface area contributed by atoms with Gasteiger partial charge in [-0.1, -0.05) is 0 Å². The van der Waals surface area contributed by atoms with Crippen molar-refractivity contribution < 1.29 is 41.1 Å². The minimum absolute atomic E-state index is 0.00325. The van der Waals surface area contributed by atoms with Gasteiger partial charge in [0.05, 0.1) is 6.61 Å². The summed E-state index contributed by atoms with van der Waals surface area (Å²) < 4.78 is 70.3. The standard InChI is InChI=1S/C14H11F5N4O4/c1-3-27-11(26)7-5-20-12(21-9(7)13(15,16)14(17,18)19)22-23-8(24)4-6(2)10(23)25/h4-5H,3H2,1-2H3,(H,20,21,22). The topological polar surface area (TPSA) is 101 Å². The Hall–Kier alpha value is -3.12. The number of hydrogen-bond donors (Lipinski definition) is 1. The first-order valence-corrected chi connectivity index (χ1v) is 7.22. The Bertz CT molecular complexity index is 837. The maximum atomic E-state index is 13.8. The van der Waals surface area contributed by atoms with Gasteiger partial charge >= 0.3 is 18.1 Å². The number of rotatable bonds is 5. The van der Waals surface area contributed by atoms with Gasteiger partial charge in [0.1, 0.15) is 11.3 Å². The maximum absolute atomic E-state index is 13.8. The molecule has 0 bridgehead atoms. The van der Waals surface area contributed by atoms with Crippen molar-refractivity contribution in [2.75, 3.05) is 12.0 Å². The third-order valence-electron chi connectivity index (χ3n) is 3.25. The van der Waals surface area contributed by atoms with Crippen LogP contribution < -0.4 is 5.43 Å². The molecule has 0 aromatic carbocycles. The largest absolute Gasteiger partial charge is 0.462 e. The molecule has 2 amide bonds. The molecule has 1 aliphatic rings. The summed E-state index contributed by atoms with van der Waals surface area (Å²) in [5, 5.41) is 0.324. The third kappa shape index (κ3) is 3.71. The first kappa shape index (κ1) is 20.2. The van der Waals surface area contributed by atoms with Crippen LogP contribution in [0.5, 0.6) is 0 Å². The van der Waals surface area contributed by atoms with Gasteiger partial charge in [0.15, 0.2) is 0 Å². The van der Waals surface area contributed by atoms with Crippen LogP contribution >= 0.6 is 0 Å². The second kappa shape index (κ2) is 6.89. The zero-order valence-corrected chi connectivity index (χ0v) is 13.7. The van der Waals surface area contributed by atoms with Gasteiger partial charge in [0.2, 0.25) is 5.95 Å². The van der Waals surface area contributed by atoms with Gasteiger partial charge in [-0.25, -0.2) is 14.8 Å². The number of anilines is 1. The summed E-state index contributed by atoms with van der Waals surface area (Å²) >= 11 is 0. The molecule has 0 aliphatic carbocycles. The average Bonchev–Trinajstić information content (AvgIpc) is 2.80. The minimum Gasteiger partial charge on any atom is -0.462 e. The molecule has 0 fully saturated rings. The van der Waals surface area contributed by atoms with Crippen molar-refractivity contribution >= 4 is 23.7 Å². The lowest BCUT2D eigenvalue weighted by Gasteiger charge is -2.22. The molecule has 0 radical (unpaired) electrons. The Morgan fingerprint density at radius 1 is 1.26 bits per heavy atom. The van der Waals surface area contributed by atoms with Gasteiger partial charge in [-0.3, -0.25) is 15.0 Å². The molecular weight excluding hydrogens is 383 g/mol. The van der Waals surface area contributed by atoms with Crippen molar-refractivity contribution in [3.05, 3.63) is 29.1 Å². The molecule has 2 heterocycles. The molecule has 27 heavy (non-hydrogen) atoms. The summed E-state index contributed by atoms with van der Waals surface area (Å²) in [6, 6.07) is 0. The molecule has 0 saturated carbocycles. The number of amides is 2. The fourth-order valence-corrected chi connectivity index (χ4v) is 1.96. The number of alkyl halides is 5. The molecule has 1 N–H and O–H groups in total. The number of ether oxygens (including phenoxy) is 1. The molecule has 146 valence electrons. The van der Waals surface area contributed by atoms with E-state index in [2.05, 4.69) is 14.7 Å². The molecule has 8 nitrogen and oxygen atoms in total. The molecule has 1 aromatic rings. The van der Waals surface area contributed by atoms with E-state index in [0.717, 1.165) is 6.08 Å². The van der Waals surface area contributed by atoms with Crippen LogP contribution in [-0.4, -0.2) is 45.5 Å². The van der Waals surface area contributed by atoms with Crippen molar-refractivity contribution in [2.24, 2.45) is 0 Å². The second-order valence-electron chi connectivity index (χ2n) is 5.17. The van der Waals surface area contributed by atoms with Crippen LogP contribution in [0.3, 0.4) is 0 Å². The van der Waals surface area contributed by atoms with Crippen molar-refractivity contribution in [3.63, 3.8) is 0 Å². The van der Waals surface area contributed by atoms with Crippen LogP contribution in [-0.2, 0) is 20.2 Å². The predicted molar refractivity (Wildman–Crippen MR) is 77.2 cm³/mol. The number of nitrogens with zero attached hydrogens (tertiary/aromatic N) is 3. The van der Waals surface area contributed by atoms with E-state index in [0.29, 0.717) is 11.2 Å². The van der Waals surface area contributed by atoms with E-state index in [1.165, 1.54) is 13.8 Å². The zero-order chi connectivity index (χ0) is 20.6. The Labute approximate surface area is 148 Å². The van der Waals surface area contributed by atoms with E-state index in [1.807, 2.05) is 5.43 Å². The Balaban J connectivity index is 2.49. The van der Waals surface area contributed by atoms with E-state index in [9.17, 15) is 36.3 Å². The van der Waals surface area contributed by atoms with Gasteiger partial charge in [-0.05, 0) is 13.8 Å². The van der Waals surface area contributed by atoms with E-state index < -0.39 is 47.1 Å². The third-order valence-corrected chi connectivity index (χ3v) is 3.25. The highest BCUT2D eigenvalue weighted by molar-refractivity contribution is 6.16. The number of imide groups is 1. The first-order chi connectivity index (χ1) is 12.4. The summed E-state index contributed by atoms with van der Waals surface area (Å²) in [7, 11) is 0. The zero-order valence-electron chi connectivity index (χ0n) is 13.7. The monoisotopic (exact) mass is 394 g/mol. The number of esters is 1. The van der Waals surface area contributed by atoms with Crippen LogP contribution in [0.25, 0.3) is 0 Å². The van der Waals surface area contributed by atoms with Crippen molar-refractivity contribution in [2.45, 2.75) is 25.9 Å². The summed E-state index contributed by atoms with van der Waals surface area (Å²) in [5.74, 6) is -9.72. The lowest BCUT2D eigenvalue weighted by atomic mass is 10.1. The molecule has 1 aromatic heterocycles. The molecule has 0 atom stereocenters. The highest BCUT2D eigenvalue weighted by Crippen LogP contribution is 2.44. The number of hydrazine groups is 1. The maximum Gasteiger partial charge on any atom is 0.459 e. The van der Waals surface area contributed by atoms with E-state index in [1.54, 1.807) is 0 Å². The van der Waals surface area contributed by atoms with Crippen LogP contribution in [0, 0.1) is 0 Å². The van der Waals surface area contributed by atoms with Gasteiger partial charge in [0, 0.05) is 17.8 Å². The van der Waals surface area contributed by atoms with Gasteiger partial charge < -0.3 is 4.74 Å². The molecule has 0 saturated heterocycles. The number of hydrogen-bond acceptors (Lipinski definition) is 7. The van der Waals surface area contributed by atoms with Crippen LogP contribution in [0.15, 0.2) is 17.8 Å². The number of nitrogens with one attached hydrogen (secondary N) is 1. The summed E-state index contributed by atoms with van der Waals surface area (Å²) in [4.78, 5) is 41.5. The fraction of sp³-hybridized carbons (Fsp3) is 0.357. The Morgan fingerprint density at radius 2 is 1.89 bits per heavy atom. The average molecular weight is 394 g/mol. The minimum atomic E-state index is -6.07. The van der Waals surface area contributed by atoms with Crippen LogP contribution in [0.2, 0.25) is 0 Å². The lowest BCUT2D eigenvalue weighted by Crippen LogP contribution is -2.39. The van der Waals surface area contributed by atoms with Gasteiger partial charge in [-0.15, -0.1) is 0 Å². The smallest absolute Gasteiger partial charge is 0.459 e. The summed E-state index contributed by atoms with van der Waals surface area (Å²) in [5.41, 5.74) is -1.25. The first-order valence-electron chi connectivity index (χ1n) is 7.22. The SMILES string of the molecule is CCOC(=O)c1cnc(NN2C(=O)C=C(C)C2=O)nc1C(F)(F)C(F)(F)F. The summed E-state index contributed by atoms with van der Waals surface area (Å²) in [6.07, 6.45) is -4.78. The summed E-state index contributed by atoms with van der Waals surface area (Å²) in [6.45, 7) is 2.31. The number of halogens is 5. The quantitative estimate of drug-likeness (QED) is 0.463. The molecule has 0 unspecified atom stereocenters. The Kier molecular flexibility index (Phi) is 5.15. The molecule has 2 rings (SSSR count). The normalized spacial score (nSPS) is 15.1. The molecule has 13 heteroatoms. The predicted octanol–water partition coefficient (Wildman–Crippen LogP) is 1.95. The molecule has 1 aliphatic heterocycles. The Morgan fingerprint density at radius 3 is 2.37 bits per heavy atom. The van der Waals surface area contributed by atoms with Crippen molar-refractivity contribution in [1.82, 2.24) is 15.0 Å². The molecular formula is C14H11F5N4O4.